The lowest BCUT2D eigenvalue weighted by atomic mass is 10.1. The number of benzene rings is 1. The lowest BCUT2D eigenvalue weighted by Crippen LogP contribution is -2.16. The van der Waals surface area contributed by atoms with Gasteiger partial charge in [0.15, 0.2) is 11.5 Å². The maximum absolute atomic E-state index is 11.6. The number of aromatic hydroxyl groups is 1. The first-order chi connectivity index (χ1) is 10.7. The molecule has 0 fully saturated rings. The summed E-state index contributed by atoms with van der Waals surface area (Å²) in [7, 11) is 0. The lowest BCUT2D eigenvalue weighted by Gasteiger charge is -2.05. The molecule has 2 N–H and O–H groups in total. The van der Waals surface area contributed by atoms with Gasteiger partial charge in [0.05, 0.1) is 12.8 Å². The predicted molar refractivity (Wildman–Crippen MR) is 88.4 cm³/mol. The highest BCUT2D eigenvalue weighted by Crippen LogP contribution is 2.25. The molecule has 0 bridgehead atoms. The molecular formula is C17H26N2O3. The number of ether oxygens (including phenoxy) is 1. The summed E-state index contributed by atoms with van der Waals surface area (Å²) < 4.78 is 5.24. The van der Waals surface area contributed by atoms with Crippen LogP contribution >= 0.6 is 0 Å². The highest BCUT2D eigenvalue weighted by atomic mass is 16.5. The Hall–Kier alpha value is -2.04. The normalized spacial score (nSPS) is 10.8. The number of phenolic OH excluding ortho intramolecular Hbond substituents is 1. The summed E-state index contributed by atoms with van der Waals surface area (Å²) in [4.78, 5) is 11.6. The van der Waals surface area contributed by atoms with E-state index >= 15 is 0 Å². The quantitative estimate of drug-likeness (QED) is 0.394. The third-order valence-corrected chi connectivity index (χ3v) is 3.19. The smallest absolute Gasteiger partial charge is 0.240 e. The van der Waals surface area contributed by atoms with Gasteiger partial charge in [-0.1, -0.05) is 32.6 Å². The lowest BCUT2D eigenvalue weighted by molar-refractivity contribution is -0.121. The fourth-order valence-corrected chi connectivity index (χ4v) is 2.02. The summed E-state index contributed by atoms with van der Waals surface area (Å²) >= 11 is 0. The molecular weight excluding hydrogens is 280 g/mol. The molecule has 0 spiro atoms. The molecule has 0 atom stereocenters. The highest BCUT2D eigenvalue weighted by Gasteiger charge is 2.02. The topological polar surface area (TPSA) is 70.9 Å². The largest absolute Gasteiger partial charge is 0.504 e. The monoisotopic (exact) mass is 306 g/mol. The fraction of sp³-hybridized carbons (Fsp3) is 0.529. The Kier molecular flexibility index (Phi) is 8.72. The molecule has 0 heterocycles. The second-order valence-electron chi connectivity index (χ2n) is 5.12. The van der Waals surface area contributed by atoms with Gasteiger partial charge in [0.1, 0.15) is 0 Å². The first-order valence-electron chi connectivity index (χ1n) is 7.95. The van der Waals surface area contributed by atoms with Crippen LogP contribution in [0, 0.1) is 0 Å². The Labute approximate surface area is 132 Å². The number of hydrogen-bond acceptors (Lipinski definition) is 4. The van der Waals surface area contributed by atoms with E-state index in [1.54, 1.807) is 18.2 Å². The van der Waals surface area contributed by atoms with E-state index in [2.05, 4.69) is 17.5 Å². The minimum Gasteiger partial charge on any atom is -0.504 e. The van der Waals surface area contributed by atoms with Crippen molar-refractivity contribution < 1.29 is 14.6 Å². The molecule has 22 heavy (non-hydrogen) atoms. The van der Waals surface area contributed by atoms with E-state index in [-0.39, 0.29) is 11.7 Å². The van der Waals surface area contributed by atoms with Crippen LogP contribution in [0.1, 0.15) is 57.9 Å². The number of nitrogens with zero attached hydrogens (tertiary/aromatic N) is 1. The summed E-state index contributed by atoms with van der Waals surface area (Å²) in [6.45, 7) is 4.52. The van der Waals surface area contributed by atoms with Crippen LogP contribution in [0.25, 0.3) is 0 Å². The molecule has 0 aliphatic heterocycles. The molecule has 0 saturated carbocycles. The number of rotatable bonds is 10. The molecule has 1 aromatic carbocycles. The molecule has 5 heteroatoms. The van der Waals surface area contributed by atoms with Crippen molar-refractivity contribution in [3.05, 3.63) is 23.8 Å². The minimum absolute atomic E-state index is 0.0630. The molecule has 0 aromatic heterocycles. The van der Waals surface area contributed by atoms with Crippen molar-refractivity contribution in [1.82, 2.24) is 5.43 Å². The SMILES string of the molecule is CCCCCCCC(=O)NN=Cc1ccc(OCC)c(O)c1. The molecule has 1 aromatic rings. The van der Waals surface area contributed by atoms with Crippen LogP contribution in [0.15, 0.2) is 23.3 Å². The molecule has 0 radical (unpaired) electrons. The number of carbonyl (C=O) groups is 1. The number of amides is 1. The van der Waals surface area contributed by atoms with E-state index in [4.69, 9.17) is 4.74 Å². The molecule has 0 aliphatic rings. The Morgan fingerprint density at radius 3 is 2.73 bits per heavy atom. The zero-order valence-corrected chi connectivity index (χ0v) is 13.5. The molecule has 1 amide bonds. The van der Waals surface area contributed by atoms with Crippen molar-refractivity contribution in [2.24, 2.45) is 5.10 Å². The second-order valence-corrected chi connectivity index (χ2v) is 5.12. The van der Waals surface area contributed by atoms with Gasteiger partial charge in [0, 0.05) is 6.42 Å². The standard InChI is InChI=1S/C17H26N2O3/c1-3-5-6-7-8-9-17(21)19-18-13-14-10-11-16(22-4-2)15(20)12-14/h10-13,20H,3-9H2,1-2H3,(H,19,21). The Morgan fingerprint density at radius 1 is 1.27 bits per heavy atom. The van der Waals surface area contributed by atoms with E-state index in [1.807, 2.05) is 6.92 Å². The van der Waals surface area contributed by atoms with E-state index in [1.165, 1.54) is 25.5 Å². The molecule has 5 nitrogen and oxygen atoms in total. The van der Waals surface area contributed by atoms with Crippen LogP contribution in [-0.2, 0) is 4.79 Å². The summed E-state index contributed by atoms with van der Waals surface area (Å²) in [5, 5.41) is 13.6. The van der Waals surface area contributed by atoms with Crippen molar-refractivity contribution in [2.75, 3.05) is 6.61 Å². The maximum atomic E-state index is 11.6. The van der Waals surface area contributed by atoms with E-state index < -0.39 is 0 Å². The number of nitrogens with one attached hydrogen (secondary N) is 1. The van der Waals surface area contributed by atoms with Crippen molar-refractivity contribution in [3.8, 4) is 11.5 Å². The van der Waals surface area contributed by atoms with Gasteiger partial charge < -0.3 is 9.84 Å². The number of phenols is 1. The minimum atomic E-state index is -0.0806. The van der Waals surface area contributed by atoms with Crippen LogP contribution in [0.3, 0.4) is 0 Å². The van der Waals surface area contributed by atoms with Crippen molar-refractivity contribution in [3.63, 3.8) is 0 Å². The molecule has 1 rings (SSSR count). The van der Waals surface area contributed by atoms with Crippen LogP contribution in [-0.4, -0.2) is 23.8 Å². The summed E-state index contributed by atoms with van der Waals surface area (Å²) in [6.07, 6.45) is 7.58. The van der Waals surface area contributed by atoms with E-state index in [0.717, 1.165) is 12.8 Å². The summed E-state index contributed by atoms with van der Waals surface area (Å²) in [5.74, 6) is 0.423. The second kappa shape index (κ2) is 10.7. The number of hydrogen-bond donors (Lipinski definition) is 2. The van der Waals surface area contributed by atoms with Gasteiger partial charge in [-0.05, 0) is 37.1 Å². The number of hydrazone groups is 1. The van der Waals surface area contributed by atoms with Gasteiger partial charge in [0.2, 0.25) is 5.91 Å². The van der Waals surface area contributed by atoms with Gasteiger partial charge in [-0.15, -0.1) is 0 Å². The van der Waals surface area contributed by atoms with Crippen molar-refractivity contribution in [1.29, 1.82) is 0 Å². The number of carbonyl (C=O) groups excluding carboxylic acids is 1. The molecule has 0 saturated heterocycles. The Balaban J connectivity index is 2.32. The Bertz CT molecular complexity index is 487. The van der Waals surface area contributed by atoms with Crippen LogP contribution in [0.2, 0.25) is 0 Å². The van der Waals surface area contributed by atoms with Crippen LogP contribution < -0.4 is 10.2 Å². The van der Waals surface area contributed by atoms with E-state index in [0.29, 0.717) is 24.3 Å². The fourth-order valence-electron chi connectivity index (χ4n) is 2.02. The predicted octanol–water partition coefficient (Wildman–Crippen LogP) is 3.60. The van der Waals surface area contributed by atoms with Gasteiger partial charge in [-0.2, -0.15) is 5.10 Å². The maximum Gasteiger partial charge on any atom is 0.240 e. The third-order valence-electron chi connectivity index (χ3n) is 3.19. The van der Waals surface area contributed by atoms with Crippen LogP contribution in [0.4, 0.5) is 0 Å². The average Bonchev–Trinajstić information content (AvgIpc) is 2.50. The third kappa shape index (κ3) is 7.11. The first kappa shape index (κ1) is 18.0. The van der Waals surface area contributed by atoms with Crippen LogP contribution in [0.5, 0.6) is 11.5 Å². The van der Waals surface area contributed by atoms with Gasteiger partial charge in [-0.3, -0.25) is 4.79 Å². The van der Waals surface area contributed by atoms with Gasteiger partial charge >= 0.3 is 0 Å². The summed E-state index contributed by atoms with van der Waals surface area (Å²) in [5.41, 5.74) is 3.20. The zero-order valence-electron chi connectivity index (χ0n) is 13.5. The van der Waals surface area contributed by atoms with Crippen molar-refractivity contribution >= 4 is 12.1 Å². The molecule has 0 aliphatic carbocycles. The average molecular weight is 306 g/mol. The molecule has 122 valence electrons. The van der Waals surface area contributed by atoms with Crippen molar-refractivity contribution in [2.45, 2.75) is 52.4 Å². The van der Waals surface area contributed by atoms with Gasteiger partial charge in [-0.25, -0.2) is 5.43 Å². The number of unbranched alkanes of at least 4 members (excludes halogenated alkanes) is 4. The van der Waals surface area contributed by atoms with E-state index in [9.17, 15) is 9.90 Å². The highest BCUT2D eigenvalue weighted by molar-refractivity contribution is 5.83. The zero-order chi connectivity index (χ0) is 16.2. The molecule has 0 unspecified atom stereocenters. The first-order valence-corrected chi connectivity index (χ1v) is 7.95. The summed E-state index contributed by atoms with van der Waals surface area (Å²) in [6, 6.07) is 4.99. The Morgan fingerprint density at radius 2 is 2.05 bits per heavy atom. The van der Waals surface area contributed by atoms with Gasteiger partial charge in [0.25, 0.3) is 0 Å².